The first-order valence-electron chi connectivity index (χ1n) is 5.79. The fraction of sp³-hybridized carbons (Fsp3) is 0.154. The number of para-hydroxylation sites is 1. The number of nitro groups is 1. The fourth-order valence-corrected chi connectivity index (χ4v) is 2.96. The number of non-ortho nitro benzene ring substituents is 1. The van der Waals surface area contributed by atoms with E-state index in [1.165, 1.54) is 6.07 Å². The molecular weight excluding hydrogens is 262 g/mol. The summed E-state index contributed by atoms with van der Waals surface area (Å²) in [6.45, 7) is 2.56. The molecule has 5 nitrogen and oxygen atoms in total. The number of hydrogen-bond acceptors (Lipinski definition) is 4. The number of nitrogens with zero attached hydrogens (tertiary/aromatic N) is 3. The summed E-state index contributed by atoms with van der Waals surface area (Å²) in [6.07, 6.45) is 3.70. The van der Waals surface area contributed by atoms with Crippen LogP contribution in [0.5, 0.6) is 0 Å². The van der Waals surface area contributed by atoms with Crippen molar-refractivity contribution in [1.29, 1.82) is 0 Å². The molecule has 3 rings (SSSR count). The molecular formula is C13H11N3O2S. The molecule has 0 aliphatic heterocycles. The Labute approximate surface area is 113 Å². The number of hydrogen-bond donors (Lipinski definition) is 0. The molecule has 0 amide bonds. The smallest absolute Gasteiger partial charge is 0.293 e. The van der Waals surface area contributed by atoms with Crippen LogP contribution in [0.4, 0.5) is 5.69 Å². The van der Waals surface area contributed by atoms with Crippen molar-refractivity contribution in [3.05, 3.63) is 56.7 Å². The molecule has 0 fully saturated rings. The van der Waals surface area contributed by atoms with E-state index in [0.717, 1.165) is 15.3 Å². The van der Waals surface area contributed by atoms with Crippen LogP contribution in [0.3, 0.4) is 0 Å². The van der Waals surface area contributed by atoms with Crippen LogP contribution in [0.1, 0.15) is 9.88 Å². The van der Waals surface area contributed by atoms with E-state index >= 15 is 0 Å². The van der Waals surface area contributed by atoms with Gasteiger partial charge < -0.3 is 4.57 Å². The maximum Gasteiger partial charge on any atom is 0.293 e. The van der Waals surface area contributed by atoms with E-state index in [4.69, 9.17) is 0 Å². The van der Waals surface area contributed by atoms with Crippen molar-refractivity contribution in [1.82, 2.24) is 9.55 Å². The van der Waals surface area contributed by atoms with Gasteiger partial charge in [-0.25, -0.2) is 4.98 Å². The Morgan fingerprint density at radius 2 is 2.26 bits per heavy atom. The first-order valence-corrected chi connectivity index (χ1v) is 6.60. The molecule has 1 aromatic carbocycles. The highest BCUT2D eigenvalue weighted by Gasteiger charge is 2.15. The molecule has 0 aliphatic rings. The zero-order valence-electron chi connectivity index (χ0n) is 10.2. The molecule has 6 heteroatoms. The van der Waals surface area contributed by atoms with Gasteiger partial charge in [0.15, 0.2) is 0 Å². The minimum atomic E-state index is -0.337. The molecule has 0 bridgehead atoms. The Morgan fingerprint density at radius 3 is 2.95 bits per heavy atom. The van der Waals surface area contributed by atoms with Crippen molar-refractivity contribution >= 4 is 27.9 Å². The lowest BCUT2D eigenvalue weighted by atomic mass is 10.2. The monoisotopic (exact) mass is 273 g/mol. The topological polar surface area (TPSA) is 61.0 Å². The summed E-state index contributed by atoms with van der Waals surface area (Å²) >= 11 is 1.61. The van der Waals surface area contributed by atoms with Gasteiger partial charge in [-0.3, -0.25) is 10.1 Å². The van der Waals surface area contributed by atoms with Crippen LogP contribution in [0.15, 0.2) is 36.7 Å². The second-order valence-corrected chi connectivity index (χ2v) is 5.58. The number of fused-ring (bicyclic) bond motifs is 1. The average Bonchev–Trinajstić information content (AvgIpc) is 2.97. The Morgan fingerprint density at radius 1 is 1.42 bits per heavy atom. The standard InChI is InChI=1S/C13H11N3O2S/c1-9-14-7-11(19-9)8-15-6-5-10-3-2-4-12(13(10)15)16(17)18/h2-7H,8H2,1H3. The lowest BCUT2D eigenvalue weighted by Gasteiger charge is -2.03. The molecule has 0 aliphatic carbocycles. The van der Waals surface area contributed by atoms with Crippen LogP contribution in [0.25, 0.3) is 10.9 Å². The Bertz CT molecular complexity index is 760. The van der Waals surface area contributed by atoms with E-state index < -0.39 is 0 Å². The minimum Gasteiger partial charge on any atom is -0.337 e. The van der Waals surface area contributed by atoms with Crippen LogP contribution < -0.4 is 0 Å². The zero-order chi connectivity index (χ0) is 13.4. The van der Waals surface area contributed by atoms with Crippen molar-refractivity contribution in [2.45, 2.75) is 13.5 Å². The van der Waals surface area contributed by atoms with Crippen molar-refractivity contribution < 1.29 is 4.92 Å². The van der Waals surface area contributed by atoms with Gasteiger partial charge in [0.2, 0.25) is 0 Å². The van der Waals surface area contributed by atoms with Crippen LogP contribution >= 0.6 is 11.3 Å². The summed E-state index contributed by atoms with van der Waals surface area (Å²) in [4.78, 5) is 16.1. The highest BCUT2D eigenvalue weighted by Crippen LogP contribution is 2.27. The van der Waals surface area contributed by atoms with Gasteiger partial charge in [-0.2, -0.15) is 0 Å². The van der Waals surface area contributed by atoms with Crippen molar-refractivity contribution in [3.8, 4) is 0 Å². The number of aryl methyl sites for hydroxylation is 1. The number of aromatic nitrogens is 2. The van der Waals surface area contributed by atoms with Crippen LogP contribution in [0.2, 0.25) is 0 Å². The molecule has 0 radical (unpaired) electrons. The summed E-state index contributed by atoms with van der Waals surface area (Å²) in [5.41, 5.74) is 0.808. The van der Waals surface area contributed by atoms with Crippen molar-refractivity contribution in [2.75, 3.05) is 0 Å². The normalized spacial score (nSPS) is 11.0. The number of nitro benzene ring substituents is 1. The SMILES string of the molecule is Cc1ncc(Cn2ccc3cccc([N+](=O)[O-])c32)s1. The summed E-state index contributed by atoms with van der Waals surface area (Å²) < 4.78 is 1.90. The second-order valence-electron chi connectivity index (χ2n) is 4.26. The Balaban J connectivity index is 2.11. The average molecular weight is 273 g/mol. The van der Waals surface area contributed by atoms with Crippen LogP contribution in [-0.4, -0.2) is 14.5 Å². The van der Waals surface area contributed by atoms with E-state index in [1.54, 1.807) is 17.4 Å². The second kappa shape index (κ2) is 4.47. The molecule has 0 N–H and O–H groups in total. The first-order chi connectivity index (χ1) is 9.15. The largest absolute Gasteiger partial charge is 0.337 e. The van der Waals surface area contributed by atoms with E-state index in [-0.39, 0.29) is 10.6 Å². The van der Waals surface area contributed by atoms with Gasteiger partial charge in [0, 0.05) is 28.7 Å². The van der Waals surface area contributed by atoms with E-state index in [0.29, 0.717) is 12.1 Å². The van der Waals surface area contributed by atoms with Gasteiger partial charge in [0.25, 0.3) is 5.69 Å². The molecule has 0 atom stereocenters. The predicted octanol–water partition coefficient (Wildman–Crippen LogP) is 3.36. The van der Waals surface area contributed by atoms with E-state index in [9.17, 15) is 10.1 Å². The zero-order valence-corrected chi connectivity index (χ0v) is 11.1. The molecule has 2 aromatic heterocycles. The summed E-state index contributed by atoms with van der Waals surface area (Å²) in [5.74, 6) is 0. The number of benzene rings is 1. The first kappa shape index (κ1) is 11.9. The highest BCUT2D eigenvalue weighted by atomic mass is 32.1. The van der Waals surface area contributed by atoms with E-state index in [2.05, 4.69) is 4.98 Å². The summed E-state index contributed by atoms with van der Waals surface area (Å²) in [6, 6.07) is 7.03. The molecule has 0 saturated carbocycles. The maximum atomic E-state index is 11.1. The van der Waals surface area contributed by atoms with Crippen LogP contribution in [0, 0.1) is 17.0 Å². The van der Waals surface area contributed by atoms with Crippen molar-refractivity contribution in [3.63, 3.8) is 0 Å². The minimum absolute atomic E-state index is 0.142. The van der Waals surface area contributed by atoms with E-state index in [1.807, 2.05) is 36.0 Å². The van der Waals surface area contributed by atoms with Gasteiger partial charge in [-0.05, 0) is 13.0 Å². The molecule has 0 spiro atoms. The van der Waals surface area contributed by atoms with Gasteiger partial charge in [0.1, 0.15) is 5.52 Å². The van der Waals surface area contributed by atoms with Crippen molar-refractivity contribution in [2.24, 2.45) is 0 Å². The third-order valence-corrected chi connectivity index (χ3v) is 3.86. The molecule has 19 heavy (non-hydrogen) atoms. The molecule has 0 saturated heterocycles. The summed E-state index contributed by atoms with van der Waals surface area (Å²) in [7, 11) is 0. The number of rotatable bonds is 3. The lowest BCUT2D eigenvalue weighted by Crippen LogP contribution is -1.99. The Kier molecular flexibility index (Phi) is 2.79. The van der Waals surface area contributed by atoms with Gasteiger partial charge in [-0.1, -0.05) is 12.1 Å². The third-order valence-electron chi connectivity index (χ3n) is 2.96. The quantitative estimate of drug-likeness (QED) is 0.543. The number of thiazole rings is 1. The third kappa shape index (κ3) is 2.10. The Hall–Kier alpha value is -2.21. The predicted molar refractivity (Wildman–Crippen MR) is 74.5 cm³/mol. The van der Waals surface area contributed by atoms with Crippen LogP contribution in [-0.2, 0) is 6.54 Å². The van der Waals surface area contributed by atoms with Gasteiger partial charge in [0.05, 0.1) is 16.5 Å². The molecule has 96 valence electrons. The lowest BCUT2D eigenvalue weighted by molar-refractivity contribution is -0.383. The molecule has 2 heterocycles. The van der Waals surface area contributed by atoms with Gasteiger partial charge >= 0.3 is 0 Å². The highest BCUT2D eigenvalue weighted by molar-refractivity contribution is 7.11. The fourth-order valence-electron chi connectivity index (χ4n) is 2.17. The molecule has 3 aromatic rings. The van der Waals surface area contributed by atoms with Gasteiger partial charge in [-0.15, -0.1) is 11.3 Å². The maximum absolute atomic E-state index is 11.1. The molecule has 0 unspecified atom stereocenters. The summed E-state index contributed by atoms with van der Waals surface area (Å²) in [5, 5.41) is 13.0.